The van der Waals surface area contributed by atoms with Crippen LogP contribution in [0.2, 0.25) is 5.02 Å². The van der Waals surface area contributed by atoms with Crippen molar-refractivity contribution in [2.24, 2.45) is 0 Å². The number of hydrogen-bond donors (Lipinski definition) is 1. The summed E-state index contributed by atoms with van der Waals surface area (Å²) in [6, 6.07) is 10.8. The molecule has 0 aliphatic rings. The average molecular weight is 366 g/mol. The Kier molecular flexibility index (Phi) is 5.06. The molecule has 0 bridgehead atoms. The summed E-state index contributed by atoms with van der Waals surface area (Å²) in [5, 5.41) is 0.312. The molecular weight excluding hydrogens is 355 g/mol. The third-order valence-corrected chi connectivity index (χ3v) is 4.27. The lowest BCUT2D eigenvalue weighted by Crippen LogP contribution is -2.17. The molecule has 4 nitrogen and oxygen atoms in total. The highest BCUT2D eigenvalue weighted by molar-refractivity contribution is 7.91. The first kappa shape index (κ1) is 17.4. The van der Waals surface area contributed by atoms with Crippen molar-refractivity contribution >= 4 is 27.3 Å². The van der Waals surface area contributed by atoms with E-state index in [2.05, 4.69) is 9.46 Å². The van der Waals surface area contributed by atoms with Crippen LogP contribution in [0.15, 0.2) is 48.5 Å². The molecule has 0 aromatic heterocycles. The van der Waals surface area contributed by atoms with E-state index in [1.165, 1.54) is 12.1 Å². The summed E-state index contributed by atoms with van der Waals surface area (Å²) in [4.78, 5) is 0. The van der Waals surface area contributed by atoms with Gasteiger partial charge in [-0.15, -0.1) is 13.2 Å². The molecule has 9 heteroatoms. The topological polar surface area (TPSA) is 55.4 Å². The van der Waals surface area contributed by atoms with Gasteiger partial charge in [-0.3, -0.25) is 4.72 Å². The van der Waals surface area contributed by atoms with E-state index in [1.54, 1.807) is 24.3 Å². The van der Waals surface area contributed by atoms with Gasteiger partial charge < -0.3 is 4.74 Å². The van der Waals surface area contributed by atoms with Gasteiger partial charge in [0.15, 0.2) is 0 Å². The van der Waals surface area contributed by atoms with E-state index in [9.17, 15) is 21.6 Å². The fourth-order valence-electron chi connectivity index (χ4n) is 1.76. The van der Waals surface area contributed by atoms with Gasteiger partial charge in [0.25, 0.3) is 0 Å². The molecule has 0 spiro atoms. The predicted octanol–water partition coefficient (Wildman–Crippen LogP) is 4.18. The molecule has 0 atom stereocenters. The van der Waals surface area contributed by atoms with Crippen molar-refractivity contribution in [3.63, 3.8) is 0 Å². The van der Waals surface area contributed by atoms with Crippen LogP contribution in [0.5, 0.6) is 5.75 Å². The quantitative estimate of drug-likeness (QED) is 0.864. The lowest BCUT2D eigenvalue weighted by Gasteiger charge is -2.11. The van der Waals surface area contributed by atoms with Gasteiger partial charge in [-0.25, -0.2) is 8.42 Å². The minimum absolute atomic E-state index is 0.117. The second-order valence-corrected chi connectivity index (χ2v) is 6.65. The van der Waals surface area contributed by atoms with Crippen LogP contribution in [0.25, 0.3) is 0 Å². The molecule has 0 heterocycles. The zero-order valence-electron chi connectivity index (χ0n) is 11.5. The minimum atomic E-state index is -4.80. The molecule has 0 unspecified atom stereocenters. The number of anilines is 1. The van der Waals surface area contributed by atoms with Gasteiger partial charge in [0, 0.05) is 10.7 Å². The Morgan fingerprint density at radius 1 is 1.04 bits per heavy atom. The van der Waals surface area contributed by atoms with Crippen molar-refractivity contribution in [3.05, 3.63) is 59.1 Å². The zero-order valence-corrected chi connectivity index (χ0v) is 13.0. The lowest BCUT2D eigenvalue weighted by atomic mass is 10.2. The third-order valence-electron chi connectivity index (χ3n) is 2.66. The summed E-state index contributed by atoms with van der Waals surface area (Å²) in [6.45, 7) is 0. The molecule has 0 saturated carbocycles. The number of alkyl halides is 3. The Hall–Kier alpha value is -1.93. The van der Waals surface area contributed by atoms with E-state index in [0.29, 0.717) is 10.6 Å². The van der Waals surface area contributed by atoms with E-state index >= 15 is 0 Å². The van der Waals surface area contributed by atoms with Crippen molar-refractivity contribution in [3.8, 4) is 5.75 Å². The SMILES string of the molecule is O=S(=O)(Cc1ccccc1Cl)Nc1ccc(OC(F)(F)F)cc1. The summed E-state index contributed by atoms with van der Waals surface area (Å²) in [7, 11) is -3.76. The van der Waals surface area contributed by atoms with Crippen LogP contribution >= 0.6 is 11.6 Å². The largest absolute Gasteiger partial charge is 0.573 e. The van der Waals surface area contributed by atoms with Crippen LogP contribution in [0.4, 0.5) is 18.9 Å². The van der Waals surface area contributed by atoms with E-state index < -0.39 is 22.1 Å². The predicted molar refractivity (Wildman–Crippen MR) is 80.8 cm³/mol. The number of halogens is 4. The van der Waals surface area contributed by atoms with Crippen LogP contribution < -0.4 is 9.46 Å². The number of ether oxygens (including phenoxy) is 1. The highest BCUT2D eigenvalue weighted by atomic mass is 35.5. The van der Waals surface area contributed by atoms with Crippen molar-refractivity contribution in [1.82, 2.24) is 0 Å². The van der Waals surface area contributed by atoms with Crippen molar-refractivity contribution in [1.29, 1.82) is 0 Å². The number of hydrogen-bond acceptors (Lipinski definition) is 3. The standard InChI is InChI=1S/C14H11ClF3NO3S/c15-13-4-2-1-3-10(13)9-23(20,21)19-11-5-7-12(8-6-11)22-14(16,17)18/h1-8,19H,9H2. The average Bonchev–Trinajstić information content (AvgIpc) is 2.41. The Morgan fingerprint density at radius 3 is 2.22 bits per heavy atom. The fraction of sp³-hybridized carbons (Fsp3) is 0.143. The van der Waals surface area contributed by atoms with Crippen molar-refractivity contribution in [2.45, 2.75) is 12.1 Å². The van der Waals surface area contributed by atoms with Crippen LogP contribution in [0.1, 0.15) is 5.56 Å². The number of sulfonamides is 1. The van der Waals surface area contributed by atoms with E-state index in [1.807, 2.05) is 0 Å². The molecule has 0 saturated heterocycles. The fourth-order valence-corrected chi connectivity index (χ4v) is 3.27. The first-order valence-corrected chi connectivity index (χ1v) is 8.27. The Morgan fingerprint density at radius 2 is 1.65 bits per heavy atom. The van der Waals surface area contributed by atoms with Gasteiger partial charge in [-0.05, 0) is 35.9 Å². The summed E-state index contributed by atoms with van der Waals surface area (Å²) in [6.07, 6.45) is -4.80. The molecule has 0 aliphatic carbocycles. The smallest absolute Gasteiger partial charge is 0.406 e. The van der Waals surface area contributed by atoms with Crippen LogP contribution in [0, 0.1) is 0 Å². The maximum absolute atomic E-state index is 12.1. The van der Waals surface area contributed by atoms with Gasteiger partial charge in [0.2, 0.25) is 10.0 Å². The highest BCUT2D eigenvalue weighted by Gasteiger charge is 2.31. The normalized spacial score (nSPS) is 12.0. The van der Waals surface area contributed by atoms with Gasteiger partial charge >= 0.3 is 6.36 Å². The monoisotopic (exact) mass is 365 g/mol. The Labute approximate surface area is 135 Å². The second-order valence-electron chi connectivity index (χ2n) is 4.52. The van der Waals surface area contributed by atoms with Crippen molar-refractivity contribution in [2.75, 3.05) is 4.72 Å². The molecule has 0 aliphatic heterocycles. The summed E-state index contributed by atoms with van der Waals surface area (Å²) < 4.78 is 66.2. The number of nitrogens with one attached hydrogen (secondary N) is 1. The Balaban J connectivity index is 2.07. The van der Waals surface area contributed by atoms with Crippen molar-refractivity contribution < 1.29 is 26.3 Å². The molecule has 0 fully saturated rings. The molecule has 0 amide bonds. The van der Waals surface area contributed by atoms with Crippen LogP contribution in [0.3, 0.4) is 0 Å². The van der Waals surface area contributed by atoms with Gasteiger partial charge in [-0.1, -0.05) is 29.8 Å². The molecule has 2 aromatic rings. The maximum Gasteiger partial charge on any atom is 0.573 e. The zero-order chi connectivity index (χ0) is 17.1. The molecule has 23 heavy (non-hydrogen) atoms. The first-order chi connectivity index (χ1) is 10.6. The molecule has 2 rings (SSSR count). The molecule has 0 radical (unpaired) electrons. The van der Waals surface area contributed by atoms with E-state index in [0.717, 1.165) is 12.1 Å². The third kappa shape index (κ3) is 5.65. The molecule has 124 valence electrons. The van der Waals surface area contributed by atoms with Gasteiger partial charge in [-0.2, -0.15) is 0 Å². The van der Waals surface area contributed by atoms with Crippen LogP contribution in [-0.2, 0) is 15.8 Å². The first-order valence-electron chi connectivity index (χ1n) is 6.24. The second kappa shape index (κ2) is 6.67. The highest BCUT2D eigenvalue weighted by Crippen LogP contribution is 2.25. The summed E-state index contributed by atoms with van der Waals surface area (Å²) >= 11 is 5.90. The van der Waals surface area contributed by atoms with E-state index in [-0.39, 0.29) is 11.4 Å². The number of rotatable bonds is 5. The van der Waals surface area contributed by atoms with Gasteiger partial charge in [0.05, 0.1) is 5.75 Å². The van der Waals surface area contributed by atoms with E-state index in [4.69, 9.17) is 11.6 Å². The minimum Gasteiger partial charge on any atom is -0.406 e. The van der Waals surface area contributed by atoms with Crippen LogP contribution in [-0.4, -0.2) is 14.8 Å². The summed E-state index contributed by atoms with van der Waals surface area (Å²) in [5.41, 5.74) is 0.533. The number of benzene rings is 2. The Bertz CT molecular complexity index is 777. The lowest BCUT2D eigenvalue weighted by molar-refractivity contribution is -0.274. The molecule has 1 N–H and O–H groups in total. The summed E-state index contributed by atoms with van der Waals surface area (Å²) in [5.74, 6) is -0.792. The maximum atomic E-state index is 12.1. The molecule has 2 aromatic carbocycles. The molecular formula is C14H11ClF3NO3S. The van der Waals surface area contributed by atoms with Gasteiger partial charge in [0.1, 0.15) is 5.75 Å².